The Morgan fingerprint density at radius 3 is 2.00 bits per heavy atom. The molecule has 1 amide bonds. The summed E-state index contributed by atoms with van der Waals surface area (Å²) in [7, 11) is 1.07. The number of hydrogen-bond acceptors (Lipinski definition) is 4. The largest absolute Gasteiger partial charge is 0.469 e. The summed E-state index contributed by atoms with van der Waals surface area (Å²) >= 11 is 0. The van der Waals surface area contributed by atoms with Crippen molar-refractivity contribution in [2.45, 2.75) is 51.8 Å². The molecule has 128 valence electrons. The minimum atomic E-state index is -4.47. The Morgan fingerprint density at radius 2 is 1.64 bits per heavy atom. The van der Waals surface area contributed by atoms with E-state index in [0.29, 0.717) is 0 Å². The molecular formula is C14H22F3NO4. The lowest BCUT2D eigenvalue weighted by molar-refractivity contribution is -0.186. The Balaban J connectivity index is 2.77. The van der Waals surface area contributed by atoms with Crippen LogP contribution in [0.3, 0.4) is 0 Å². The van der Waals surface area contributed by atoms with Crippen LogP contribution >= 0.6 is 0 Å². The van der Waals surface area contributed by atoms with Crippen LogP contribution in [0.2, 0.25) is 0 Å². The van der Waals surface area contributed by atoms with Crippen molar-refractivity contribution in [3.63, 3.8) is 0 Å². The Labute approximate surface area is 127 Å². The molecule has 1 fully saturated rings. The maximum atomic E-state index is 12.7. The smallest absolute Gasteiger partial charge is 0.410 e. The number of hydrogen-bond donors (Lipinski definition) is 0. The summed E-state index contributed by atoms with van der Waals surface area (Å²) in [6.45, 7) is 5.17. The summed E-state index contributed by atoms with van der Waals surface area (Å²) in [6.07, 6.45) is -6.49. The molecule has 1 heterocycles. The monoisotopic (exact) mass is 325 g/mol. The molecule has 0 radical (unpaired) electrons. The van der Waals surface area contributed by atoms with E-state index in [-0.39, 0.29) is 25.9 Å². The first-order valence-corrected chi connectivity index (χ1v) is 7.02. The molecule has 1 aliphatic rings. The van der Waals surface area contributed by atoms with Gasteiger partial charge in [0.05, 0.1) is 18.9 Å². The first-order valence-electron chi connectivity index (χ1n) is 7.02. The van der Waals surface area contributed by atoms with E-state index in [1.165, 1.54) is 4.90 Å². The van der Waals surface area contributed by atoms with Crippen molar-refractivity contribution < 1.29 is 32.2 Å². The number of nitrogens with zero attached hydrogens (tertiary/aromatic N) is 1. The van der Waals surface area contributed by atoms with Gasteiger partial charge in [0.1, 0.15) is 5.60 Å². The Kier molecular flexibility index (Phi) is 5.35. The first-order chi connectivity index (χ1) is 9.88. The van der Waals surface area contributed by atoms with Gasteiger partial charge in [-0.15, -0.1) is 0 Å². The van der Waals surface area contributed by atoms with E-state index >= 15 is 0 Å². The minimum absolute atomic E-state index is 0.0279. The fourth-order valence-corrected chi connectivity index (χ4v) is 2.50. The average molecular weight is 325 g/mol. The van der Waals surface area contributed by atoms with Crippen molar-refractivity contribution in [3.8, 4) is 0 Å². The second kappa shape index (κ2) is 6.34. The lowest BCUT2D eigenvalue weighted by atomic mass is 9.75. The first kappa shape index (κ1) is 18.6. The molecule has 0 unspecified atom stereocenters. The van der Waals surface area contributed by atoms with Gasteiger partial charge >= 0.3 is 18.2 Å². The molecule has 0 atom stereocenters. The zero-order chi connectivity index (χ0) is 17.2. The quantitative estimate of drug-likeness (QED) is 0.732. The van der Waals surface area contributed by atoms with Crippen LogP contribution < -0.4 is 0 Å². The fourth-order valence-electron chi connectivity index (χ4n) is 2.50. The average Bonchev–Trinajstić information content (AvgIpc) is 2.34. The summed E-state index contributed by atoms with van der Waals surface area (Å²) in [4.78, 5) is 25.1. The van der Waals surface area contributed by atoms with Gasteiger partial charge in [-0.1, -0.05) is 0 Å². The number of rotatable bonds is 2. The molecule has 1 saturated heterocycles. The molecule has 8 heteroatoms. The number of methoxy groups -OCH3 is 1. The highest BCUT2D eigenvalue weighted by Crippen LogP contribution is 2.42. The number of ether oxygens (including phenoxy) is 2. The SMILES string of the molecule is COC(=O)C1(CC(F)(F)F)CCN(C(=O)OC(C)(C)C)CC1. The number of piperidine rings is 1. The maximum Gasteiger partial charge on any atom is 0.410 e. The second-order valence-corrected chi connectivity index (χ2v) is 6.53. The molecule has 0 spiro atoms. The summed E-state index contributed by atoms with van der Waals surface area (Å²) in [5, 5.41) is 0. The van der Waals surface area contributed by atoms with Gasteiger partial charge in [0.25, 0.3) is 0 Å². The van der Waals surface area contributed by atoms with Crippen LogP contribution in [-0.4, -0.2) is 48.9 Å². The number of esters is 1. The maximum absolute atomic E-state index is 12.7. The fraction of sp³-hybridized carbons (Fsp3) is 0.857. The van der Waals surface area contributed by atoms with Gasteiger partial charge in [-0.05, 0) is 33.6 Å². The highest BCUT2D eigenvalue weighted by atomic mass is 19.4. The third kappa shape index (κ3) is 5.06. The molecule has 1 aliphatic heterocycles. The van der Waals surface area contributed by atoms with Gasteiger partial charge in [-0.2, -0.15) is 13.2 Å². The number of carbonyl (C=O) groups is 2. The highest BCUT2D eigenvalue weighted by Gasteiger charge is 2.50. The Bertz CT molecular complexity index is 421. The molecule has 0 N–H and O–H groups in total. The molecule has 5 nitrogen and oxygen atoms in total. The van der Waals surface area contributed by atoms with Crippen LogP contribution in [-0.2, 0) is 14.3 Å². The third-order valence-electron chi connectivity index (χ3n) is 3.53. The lowest BCUT2D eigenvalue weighted by Crippen LogP contribution is -2.49. The van der Waals surface area contributed by atoms with E-state index in [1.54, 1.807) is 20.8 Å². The van der Waals surface area contributed by atoms with E-state index in [4.69, 9.17) is 4.74 Å². The van der Waals surface area contributed by atoms with E-state index in [9.17, 15) is 22.8 Å². The van der Waals surface area contributed by atoms with Crippen molar-refractivity contribution >= 4 is 12.1 Å². The molecular weight excluding hydrogens is 303 g/mol. The van der Waals surface area contributed by atoms with Crippen LogP contribution in [0.1, 0.15) is 40.0 Å². The zero-order valence-electron chi connectivity index (χ0n) is 13.2. The van der Waals surface area contributed by atoms with Crippen LogP contribution in [0.15, 0.2) is 0 Å². The van der Waals surface area contributed by atoms with E-state index in [0.717, 1.165) is 7.11 Å². The summed E-state index contributed by atoms with van der Waals surface area (Å²) in [5.74, 6) is -0.881. The van der Waals surface area contributed by atoms with Gasteiger partial charge < -0.3 is 14.4 Å². The summed E-state index contributed by atoms with van der Waals surface area (Å²) in [6, 6.07) is 0. The van der Waals surface area contributed by atoms with Gasteiger partial charge in [0, 0.05) is 13.1 Å². The standard InChI is InChI=1S/C14H22F3NO4/c1-12(2,3)22-11(20)18-7-5-13(6-8-18,10(19)21-4)9-14(15,16)17/h5-9H2,1-4H3. The molecule has 0 aromatic heterocycles. The summed E-state index contributed by atoms with van der Waals surface area (Å²) < 4.78 is 48.0. The van der Waals surface area contributed by atoms with Crippen molar-refractivity contribution in [1.82, 2.24) is 4.90 Å². The lowest BCUT2D eigenvalue weighted by Gasteiger charge is -2.40. The predicted octanol–water partition coefficient (Wildman–Crippen LogP) is 3.13. The molecule has 1 rings (SSSR count). The molecule has 0 aromatic rings. The van der Waals surface area contributed by atoms with E-state index < -0.39 is 35.7 Å². The van der Waals surface area contributed by atoms with Crippen molar-refractivity contribution in [2.75, 3.05) is 20.2 Å². The number of carbonyl (C=O) groups excluding carboxylic acids is 2. The molecule has 0 aromatic carbocycles. The second-order valence-electron chi connectivity index (χ2n) is 6.53. The number of alkyl halides is 3. The predicted molar refractivity (Wildman–Crippen MR) is 72.2 cm³/mol. The minimum Gasteiger partial charge on any atom is -0.469 e. The summed E-state index contributed by atoms with van der Waals surface area (Å²) in [5.41, 5.74) is -2.30. The number of halogens is 3. The molecule has 0 aliphatic carbocycles. The number of amides is 1. The topological polar surface area (TPSA) is 55.8 Å². The zero-order valence-corrected chi connectivity index (χ0v) is 13.2. The van der Waals surface area contributed by atoms with Gasteiger partial charge in [-0.25, -0.2) is 4.79 Å². The highest BCUT2D eigenvalue weighted by molar-refractivity contribution is 5.77. The molecule has 0 saturated carbocycles. The number of likely N-dealkylation sites (tertiary alicyclic amines) is 1. The van der Waals surface area contributed by atoms with Crippen LogP contribution in [0.25, 0.3) is 0 Å². The van der Waals surface area contributed by atoms with Crippen LogP contribution in [0.4, 0.5) is 18.0 Å². The van der Waals surface area contributed by atoms with Crippen molar-refractivity contribution in [3.05, 3.63) is 0 Å². The Morgan fingerprint density at radius 1 is 1.14 bits per heavy atom. The van der Waals surface area contributed by atoms with Gasteiger partial charge in [0.2, 0.25) is 0 Å². The molecule has 0 bridgehead atoms. The molecule has 22 heavy (non-hydrogen) atoms. The normalized spacial score (nSPS) is 18.8. The van der Waals surface area contributed by atoms with E-state index in [1.807, 2.05) is 0 Å². The van der Waals surface area contributed by atoms with Gasteiger partial charge in [-0.3, -0.25) is 4.79 Å². The van der Waals surface area contributed by atoms with Crippen molar-refractivity contribution in [2.24, 2.45) is 5.41 Å². The van der Waals surface area contributed by atoms with Gasteiger partial charge in [0.15, 0.2) is 0 Å². The van der Waals surface area contributed by atoms with E-state index in [2.05, 4.69) is 4.74 Å². The third-order valence-corrected chi connectivity index (χ3v) is 3.53. The van der Waals surface area contributed by atoms with Crippen molar-refractivity contribution in [1.29, 1.82) is 0 Å². The Hall–Kier alpha value is -1.47. The van der Waals surface area contributed by atoms with Crippen LogP contribution in [0.5, 0.6) is 0 Å². The van der Waals surface area contributed by atoms with Crippen LogP contribution in [0, 0.1) is 5.41 Å².